The van der Waals surface area contributed by atoms with Crippen LogP contribution in [-0.2, 0) is 4.74 Å². The van der Waals surface area contributed by atoms with E-state index < -0.39 is 6.04 Å². The number of nitrogens with zero attached hydrogens (tertiary/aromatic N) is 2. The van der Waals surface area contributed by atoms with Gasteiger partial charge >= 0.3 is 0 Å². The van der Waals surface area contributed by atoms with Crippen molar-refractivity contribution in [1.82, 2.24) is 10.1 Å². The predicted octanol–water partition coefficient (Wildman–Crippen LogP) is 1.91. The van der Waals surface area contributed by atoms with Gasteiger partial charge in [0.1, 0.15) is 5.82 Å². The second kappa shape index (κ2) is 5.70. The van der Waals surface area contributed by atoms with Crippen LogP contribution in [0, 0.1) is 5.82 Å². The molecule has 0 spiro atoms. The summed E-state index contributed by atoms with van der Waals surface area (Å²) in [6, 6.07) is 5.38. The van der Waals surface area contributed by atoms with Crippen molar-refractivity contribution >= 4 is 0 Å². The maximum Gasteiger partial charge on any atom is 0.257 e. The summed E-state index contributed by atoms with van der Waals surface area (Å²) in [4.78, 5) is 4.16. The van der Waals surface area contributed by atoms with Crippen molar-refractivity contribution in [1.29, 1.82) is 0 Å². The molecular weight excluding hydrogens is 237 g/mol. The van der Waals surface area contributed by atoms with Crippen molar-refractivity contribution in [3.05, 3.63) is 35.9 Å². The van der Waals surface area contributed by atoms with Gasteiger partial charge in [-0.15, -0.1) is 0 Å². The Hall–Kier alpha value is -1.79. The lowest BCUT2D eigenvalue weighted by atomic mass is 10.2. The van der Waals surface area contributed by atoms with Gasteiger partial charge < -0.3 is 15.0 Å². The molecule has 1 heterocycles. The van der Waals surface area contributed by atoms with Crippen LogP contribution in [0.1, 0.15) is 18.8 Å². The first-order valence-corrected chi connectivity index (χ1v) is 5.63. The minimum absolute atomic E-state index is 0.313. The summed E-state index contributed by atoms with van der Waals surface area (Å²) in [7, 11) is 0. The molecule has 96 valence electrons. The van der Waals surface area contributed by atoms with E-state index in [1.165, 1.54) is 12.1 Å². The van der Waals surface area contributed by atoms with E-state index >= 15 is 0 Å². The number of hydrogen-bond donors (Lipinski definition) is 1. The molecule has 0 aliphatic carbocycles. The maximum atomic E-state index is 12.8. The average molecular weight is 251 g/mol. The Morgan fingerprint density at radius 3 is 2.78 bits per heavy atom. The summed E-state index contributed by atoms with van der Waals surface area (Å²) in [6.07, 6.45) is 0. The molecule has 0 saturated heterocycles. The molecule has 1 aromatic heterocycles. The van der Waals surface area contributed by atoms with Gasteiger partial charge in [-0.1, -0.05) is 5.16 Å². The molecule has 1 atom stereocenters. The fourth-order valence-corrected chi connectivity index (χ4v) is 1.41. The number of nitrogens with two attached hydrogens (primary N) is 1. The minimum Gasteiger partial charge on any atom is -0.380 e. The van der Waals surface area contributed by atoms with Gasteiger partial charge in [-0.3, -0.25) is 0 Å². The quantitative estimate of drug-likeness (QED) is 0.878. The number of rotatable bonds is 5. The Balaban J connectivity index is 2.12. The zero-order valence-electron chi connectivity index (χ0n) is 9.97. The van der Waals surface area contributed by atoms with Crippen LogP contribution in [0.25, 0.3) is 11.5 Å². The maximum absolute atomic E-state index is 12.8. The molecule has 6 heteroatoms. The van der Waals surface area contributed by atoms with E-state index in [-0.39, 0.29) is 5.82 Å². The minimum atomic E-state index is -0.428. The van der Waals surface area contributed by atoms with Crippen LogP contribution in [0.5, 0.6) is 0 Å². The van der Waals surface area contributed by atoms with Crippen LogP contribution in [0.4, 0.5) is 4.39 Å². The van der Waals surface area contributed by atoms with Gasteiger partial charge in [0.25, 0.3) is 5.89 Å². The van der Waals surface area contributed by atoms with Gasteiger partial charge in [-0.2, -0.15) is 4.98 Å². The van der Waals surface area contributed by atoms with Crippen LogP contribution in [0.15, 0.2) is 28.8 Å². The molecule has 1 aromatic carbocycles. The summed E-state index contributed by atoms with van der Waals surface area (Å²) in [6.45, 7) is 2.79. The van der Waals surface area contributed by atoms with Gasteiger partial charge in [0.15, 0.2) is 5.82 Å². The molecule has 2 N–H and O–H groups in total. The van der Waals surface area contributed by atoms with Crippen molar-refractivity contribution in [2.45, 2.75) is 13.0 Å². The average Bonchev–Trinajstić information content (AvgIpc) is 2.86. The van der Waals surface area contributed by atoms with E-state index in [1.54, 1.807) is 12.1 Å². The summed E-state index contributed by atoms with van der Waals surface area (Å²) in [5.41, 5.74) is 6.48. The standard InChI is InChI=1S/C12H14FN3O2/c1-2-17-7-10(14)11-15-12(18-16-11)8-3-5-9(13)6-4-8/h3-6,10H,2,7,14H2,1H3. The molecule has 18 heavy (non-hydrogen) atoms. The Kier molecular flexibility index (Phi) is 4.01. The van der Waals surface area contributed by atoms with Gasteiger partial charge in [-0.25, -0.2) is 4.39 Å². The first-order chi connectivity index (χ1) is 8.70. The van der Waals surface area contributed by atoms with Crippen LogP contribution < -0.4 is 5.73 Å². The molecule has 0 amide bonds. The van der Waals surface area contributed by atoms with E-state index in [4.69, 9.17) is 15.0 Å². The molecule has 0 aliphatic rings. The molecule has 2 rings (SSSR count). The highest BCUT2D eigenvalue weighted by Crippen LogP contribution is 2.19. The largest absolute Gasteiger partial charge is 0.380 e. The highest BCUT2D eigenvalue weighted by Gasteiger charge is 2.15. The summed E-state index contributed by atoms with van der Waals surface area (Å²) >= 11 is 0. The second-order valence-electron chi connectivity index (χ2n) is 3.73. The molecule has 2 aromatic rings. The molecule has 5 nitrogen and oxygen atoms in total. The number of aromatic nitrogens is 2. The normalized spacial score (nSPS) is 12.6. The molecule has 0 aliphatic heterocycles. The van der Waals surface area contributed by atoms with Crippen LogP contribution >= 0.6 is 0 Å². The van der Waals surface area contributed by atoms with Crippen molar-refractivity contribution in [3.63, 3.8) is 0 Å². The Morgan fingerprint density at radius 1 is 1.39 bits per heavy atom. The monoisotopic (exact) mass is 251 g/mol. The van der Waals surface area contributed by atoms with Crippen LogP contribution in [-0.4, -0.2) is 23.4 Å². The number of benzene rings is 1. The lowest BCUT2D eigenvalue weighted by Crippen LogP contribution is -2.18. The molecule has 0 radical (unpaired) electrons. The summed E-state index contributed by atoms with van der Waals surface area (Å²) in [5, 5.41) is 3.78. The highest BCUT2D eigenvalue weighted by atomic mass is 19.1. The van der Waals surface area contributed by atoms with Crippen molar-refractivity contribution in [2.24, 2.45) is 5.73 Å². The topological polar surface area (TPSA) is 74.2 Å². The molecule has 1 unspecified atom stereocenters. The Labute approximate surface area is 104 Å². The van der Waals surface area contributed by atoms with Gasteiger partial charge in [0.05, 0.1) is 12.6 Å². The van der Waals surface area contributed by atoms with E-state index in [2.05, 4.69) is 10.1 Å². The third-order valence-electron chi connectivity index (χ3n) is 2.37. The third-order valence-corrected chi connectivity index (χ3v) is 2.37. The van der Waals surface area contributed by atoms with Gasteiger partial charge in [0.2, 0.25) is 0 Å². The number of halogens is 1. The number of hydrogen-bond acceptors (Lipinski definition) is 5. The van der Waals surface area contributed by atoms with Crippen LogP contribution in [0.3, 0.4) is 0 Å². The second-order valence-corrected chi connectivity index (χ2v) is 3.73. The smallest absolute Gasteiger partial charge is 0.257 e. The zero-order valence-corrected chi connectivity index (χ0v) is 9.97. The summed E-state index contributed by atoms with van der Waals surface area (Å²) in [5.74, 6) is 0.381. The predicted molar refractivity (Wildman–Crippen MR) is 63.1 cm³/mol. The highest BCUT2D eigenvalue weighted by molar-refractivity contribution is 5.52. The van der Waals surface area contributed by atoms with E-state index in [1.807, 2.05) is 6.92 Å². The third kappa shape index (κ3) is 2.91. The SMILES string of the molecule is CCOCC(N)c1noc(-c2ccc(F)cc2)n1. The van der Waals surface area contributed by atoms with E-state index in [9.17, 15) is 4.39 Å². The van der Waals surface area contributed by atoms with Crippen molar-refractivity contribution in [3.8, 4) is 11.5 Å². The fourth-order valence-electron chi connectivity index (χ4n) is 1.41. The van der Waals surface area contributed by atoms with Crippen molar-refractivity contribution < 1.29 is 13.7 Å². The Bertz CT molecular complexity index is 498. The van der Waals surface area contributed by atoms with Crippen molar-refractivity contribution in [2.75, 3.05) is 13.2 Å². The first-order valence-electron chi connectivity index (χ1n) is 5.63. The van der Waals surface area contributed by atoms with Gasteiger partial charge in [0, 0.05) is 12.2 Å². The first kappa shape index (κ1) is 12.7. The van der Waals surface area contributed by atoms with E-state index in [0.717, 1.165) is 0 Å². The Morgan fingerprint density at radius 2 is 2.11 bits per heavy atom. The van der Waals surface area contributed by atoms with Crippen LogP contribution in [0.2, 0.25) is 0 Å². The fraction of sp³-hybridized carbons (Fsp3) is 0.333. The molecule has 0 bridgehead atoms. The molecule has 0 saturated carbocycles. The lowest BCUT2D eigenvalue weighted by molar-refractivity contribution is 0.130. The van der Waals surface area contributed by atoms with E-state index in [0.29, 0.717) is 30.5 Å². The summed E-state index contributed by atoms with van der Waals surface area (Å²) < 4.78 is 23.0. The molecular formula is C12H14FN3O2. The zero-order chi connectivity index (χ0) is 13.0. The number of ether oxygens (including phenoxy) is 1. The van der Waals surface area contributed by atoms with Gasteiger partial charge in [-0.05, 0) is 31.2 Å². The lowest BCUT2D eigenvalue weighted by Gasteiger charge is -2.05. The molecule has 0 fully saturated rings.